The second-order valence-corrected chi connectivity index (χ2v) is 7.33. The summed E-state index contributed by atoms with van der Waals surface area (Å²) in [6, 6.07) is 15.1. The number of carboxylic acid groups (broad SMARTS) is 1. The van der Waals surface area contributed by atoms with Crippen LogP contribution in [0.4, 0.5) is 10.1 Å². The molecule has 0 spiro atoms. The predicted octanol–water partition coefficient (Wildman–Crippen LogP) is 3.04. The summed E-state index contributed by atoms with van der Waals surface area (Å²) >= 11 is 0. The highest BCUT2D eigenvalue weighted by Crippen LogP contribution is 2.44. The third-order valence-corrected chi connectivity index (χ3v) is 5.67. The molecule has 3 unspecified atom stereocenters. The van der Waals surface area contributed by atoms with Crippen molar-refractivity contribution in [3.8, 4) is 0 Å². The predicted molar refractivity (Wildman–Crippen MR) is 111 cm³/mol. The zero-order chi connectivity index (χ0) is 21.4. The standard InChI is InChI=1S/C23H21FN2O4/c1-30-23(29)20(25)19-16-7-2-3-8-18(16)26(21(19)22(27)28)12-14-6-4-5-13-9-10-15(24)11-17(13)14/h2-11,19-21H,12,25H2,1H3,(H,27,28). The number of fused-ring (bicyclic) bond motifs is 2. The average Bonchev–Trinajstić information content (AvgIpc) is 3.07. The molecule has 6 nitrogen and oxygen atoms in total. The molecule has 3 aromatic rings. The summed E-state index contributed by atoms with van der Waals surface area (Å²) in [7, 11) is 1.22. The Hall–Kier alpha value is -3.45. The first-order chi connectivity index (χ1) is 14.4. The Morgan fingerprint density at radius 1 is 1.17 bits per heavy atom. The summed E-state index contributed by atoms with van der Waals surface area (Å²) in [6.45, 7) is 0.221. The third kappa shape index (κ3) is 3.27. The Bertz CT molecular complexity index is 1130. The summed E-state index contributed by atoms with van der Waals surface area (Å²) in [5, 5.41) is 11.6. The van der Waals surface area contributed by atoms with E-state index in [-0.39, 0.29) is 12.4 Å². The van der Waals surface area contributed by atoms with Gasteiger partial charge in [0.25, 0.3) is 0 Å². The van der Waals surface area contributed by atoms with E-state index in [1.807, 2.05) is 18.2 Å². The second kappa shape index (κ2) is 7.76. The molecule has 3 aromatic carbocycles. The Labute approximate surface area is 172 Å². The quantitative estimate of drug-likeness (QED) is 0.631. The number of carbonyl (C=O) groups excluding carboxylic acids is 1. The fourth-order valence-electron chi connectivity index (χ4n) is 4.32. The van der Waals surface area contributed by atoms with Crippen LogP contribution in [0.2, 0.25) is 0 Å². The maximum Gasteiger partial charge on any atom is 0.327 e. The molecular formula is C23H21FN2O4. The summed E-state index contributed by atoms with van der Waals surface area (Å²) in [5.41, 5.74) is 8.26. The number of nitrogens with two attached hydrogens (primary N) is 1. The van der Waals surface area contributed by atoms with Crippen LogP contribution in [0.1, 0.15) is 17.0 Å². The van der Waals surface area contributed by atoms with Crippen molar-refractivity contribution < 1.29 is 23.8 Å². The molecule has 0 amide bonds. The lowest BCUT2D eigenvalue weighted by atomic mass is 9.88. The molecule has 0 bridgehead atoms. The number of benzene rings is 3. The SMILES string of the molecule is COC(=O)C(N)C1c2ccccc2N(Cc2cccc3ccc(F)cc23)C1C(=O)O. The number of halogens is 1. The van der Waals surface area contributed by atoms with Crippen molar-refractivity contribution in [1.29, 1.82) is 0 Å². The Kier molecular flexibility index (Phi) is 5.13. The second-order valence-electron chi connectivity index (χ2n) is 7.33. The molecule has 1 aliphatic rings. The number of aliphatic carboxylic acids is 1. The number of carboxylic acids is 1. The van der Waals surface area contributed by atoms with Gasteiger partial charge in [-0.3, -0.25) is 4.79 Å². The van der Waals surface area contributed by atoms with Crippen LogP contribution in [0.3, 0.4) is 0 Å². The van der Waals surface area contributed by atoms with Crippen LogP contribution in [0.5, 0.6) is 0 Å². The normalized spacial score (nSPS) is 18.8. The molecule has 7 heteroatoms. The maximum absolute atomic E-state index is 13.9. The van der Waals surface area contributed by atoms with E-state index in [1.54, 1.807) is 35.2 Å². The summed E-state index contributed by atoms with van der Waals surface area (Å²) < 4.78 is 18.7. The van der Waals surface area contributed by atoms with Gasteiger partial charge in [0.05, 0.1) is 7.11 Å². The molecule has 154 valence electrons. The number of rotatable bonds is 5. The molecule has 4 rings (SSSR count). The van der Waals surface area contributed by atoms with Crippen LogP contribution in [0.15, 0.2) is 60.7 Å². The van der Waals surface area contributed by atoms with Gasteiger partial charge in [-0.25, -0.2) is 9.18 Å². The van der Waals surface area contributed by atoms with Crippen molar-refractivity contribution in [2.45, 2.75) is 24.5 Å². The van der Waals surface area contributed by atoms with Gasteiger partial charge in [-0.1, -0.05) is 42.5 Å². The van der Waals surface area contributed by atoms with Crippen LogP contribution in [0.25, 0.3) is 10.8 Å². The Morgan fingerprint density at radius 3 is 2.67 bits per heavy atom. The Morgan fingerprint density at radius 2 is 1.93 bits per heavy atom. The molecule has 30 heavy (non-hydrogen) atoms. The van der Waals surface area contributed by atoms with Crippen molar-refractivity contribution in [2.24, 2.45) is 5.73 Å². The summed E-state index contributed by atoms with van der Waals surface area (Å²) in [5.74, 6) is -2.91. The number of ether oxygens (including phenoxy) is 1. The van der Waals surface area contributed by atoms with Crippen LogP contribution in [-0.2, 0) is 20.9 Å². The van der Waals surface area contributed by atoms with Crippen LogP contribution in [0, 0.1) is 5.82 Å². The average molecular weight is 408 g/mol. The number of hydrogen-bond acceptors (Lipinski definition) is 5. The molecule has 0 saturated carbocycles. The van der Waals surface area contributed by atoms with E-state index in [2.05, 4.69) is 0 Å². The van der Waals surface area contributed by atoms with Crippen molar-refractivity contribution in [1.82, 2.24) is 0 Å². The van der Waals surface area contributed by atoms with E-state index in [0.29, 0.717) is 16.6 Å². The van der Waals surface area contributed by atoms with E-state index < -0.39 is 29.9 Å². The third-order valence-electron chi connectivity index (χ3n) is 5.67. The number of para-hydroxylation sites is 1. The molecule has 0 aliphatic carbocycles. The first kappa shape index (κ1) is 19.8. The highest BCUT2D eigenvalue weighted by atomic mass is 19.1. The molecule has 1 heterocycles. The van der Waals surface area contributed by atoms with Gasteiger partial charge in [0, 0.05) is 18.2 Å². The van der Waals surface area contributed by atoms with Crippen molar-refractivity contribution >= 4 is 28.4 Å². The molecule has 3 atom stereocenters. The number of carbonyl (C=O) groups is 2. The Balaban J connectivity index is 1.82. The van der Waals surface area contributed by atoms with E-state index in [4.69, 9.17) is 10.5 Å². The minimum absolute atomic E-state index is 0.221. The number of hydrogen-bond donors (Lipinski definition) is 2. The van der Waals surface area contributed by atoms with Crippen LogP contribution >= 0.6 is 0 Å². The van der Waals surface area contributed by atoms with Gasteiger partial charge in [0.15, 0.2) is 0 Å². The van der Waals surface area contributed by atoms with Gasteiger partial charge >= 0.3 is 11.9 Å². The highest BCUT2D eigenvalue weighted by molar-refractivity contribution is 5.90. The number of anilines is 1. The highest BCUT2D eigenvalue weighted by Gasteiger charge is 2.48. The van der Waals surface area contributed by atoms with E-state index in [9.17, 15) is 19.1 Å². The molecule has 3 N–H and O–H groups in total. The summed E-state index contributed by atoms with van der Waals surface area (Å²) in [6.07, 6.45) is 0. The van der Waals surface area contributed by atoms with E-state index >= 15 is 0 Å². The minimum Gasteiger partial charge on any atom is -0.480 e. The zero-order valence-electron chi connectivity index (χ0n) is 16.3. The van der Waals surface area contributed by atoms with Crippen molar-refractivity contribution in [3.63, 3.8) is 0 Å². The monoisotopic (exact) mass is 408 g/mol. The molecule has 0 radical (unpaired) electrons. The number of nitrogens with zero attached hydrogens (tertiary/aromatic N) is 1. The molecule has 1 aliphatic heterocycles. The first-order valence-corrected chi connectivity index (χ1v) is 9.51. The smallest absolute Gasteiger partial charge is 0.327 e. The van der Waals surface area contributed by atoms with Gasteiger partial charge in [-0.2, -0.15) is 0 Å². The molecule has 0 aromatic heterocycles. The lowest BCUT2D eigenvalue weighted by molar-refractivity contribution is -0.144. The van der Waals surface area contributed by atoms with Crippen molar-refractivity contribution in [3.05, 3.63) is 77.6 Å². The fourth-order valence-corrected chi connectivity index (χ4v) is 4.32. The van der Waals surface area contributed by atoms with Gasteiger partial charge < -0.3 is 20.5 Å². The zero-order valence-corrected chi connectivity index (χ0v) is 16.3. The number of esters is 1. The fraction of sp³-hybridized carbons (Fsp3) is 0.217. The van der Waals surface area contributed by atoms with Gasteiger partial charge in [-0.15, -0.1) is 0 Å². The summed E-state index contributed by atoms with van der Waals surface area (Å²) in [4.78, 5) is 26.2. The maximum atomic E-state index is 13.9. The first-order valence-electron chi connectivity index (χ1n) is 9.51. The lowest BCUT2D eigenvalue weighted by Crippen LogP contribution is -2.49. The largest absolute Gasteiger partial charge is 0.480 e. The molecule has 0 saturated heterocycles. The van der Waals surface area contributed by atoms with E-state index in [0.717, 1.165) is 10.9 Å². The minimum atomic E-state index is -1.13. The van der Waals surface area contributed by atoms with Gasteiger partial charge in [-0.05, 0) is 40.1 Å². The van der Waals surface area contributed by atoms with Crippen LogP contribution < -0.4 is 10.6 Å². The van der Waals surface area contributed by atoms with Gasteiger partial charge in [0.2, 0.25) is 0 Å². The van der Waals surface area contributed by atoms with Gasteiger partial charge in [0.1, 0.15) is 17.9 Å². The van der Waals surface area contributed by atoms with Crippen LogP contribution in [-0.4, -0.2) is 36.2 Å². The van der Waals surface area contributed by atoms with Crippen molar-refractivity contribution in [2.75, 3.05) is 12.0 Å². The molecular weight excluding hydrogens is 387 g/mol. The number of methoxy groups -OCH3 is 1. The lowest BCUT2D eigenvalue weighted by Gasteiger charge is -2.29. The topological polar surface area (TPSA) is 92.9 Å². The molecule has 0 fully saturated rings. The van der Waals surface area contributed by atoms with E-state index in [1.165, 1.54) is 19.2 Å².